The Morgan fingerprint density at radius 2 is 1.84 bits per heavy atom. The number of ether oxygens (including phenoxy) is 1. The van der Waals surface area contributed by atoms with E-state index >= 15 is 0 Å². The van der Waals surface area contributed by atoms with Crippen molar-refractivity contribution < 1.29 is 17.9 Å². The number of hydrogen-bond acceptors (Lipinski definition) is 5. The van der Waals surface area contributed by atoms with Crippen molar-refractivity contribution in [3.05, 3.63) is 24.3 Å². The van der Waals surface area contributed by atoms with Crippen molar-refractivity contribution in [1.82, 2.24) is 10.2 Å². The van der Waals surface area contributed by atoms with E-state index in [0.717, 1.165) is 12.8 Å². The fourth-order valence-corrected chi connectivity index (χ4v) is 3.12. The third-order valence-electron chi connectivity index (χ3n) is 3.32. The third-order valence-corrected chi connectivity index (χ3v) is 4.50. The molecule has 7 nitrogen and oxygen atoms in total. The first kappa shape index (κ1) is 21.2. The van der Waals surface area contributed by atoms with E-state index in [1.165, 1.54) is 4.31 Å². The summed E-state index contributed by atoms with van der Waals surface area (Å²) in [7, 11) is 0.299. The molecular formula is C17H29N3O4S. The lowest BCUT2D eigenvalue weighted by Gasteiger charge is -2.25. The summed E-state index contributed by atoms with van der Waals surface area (Å²) >= 11 is 0. The summed E-state index contributed by atoms with van der Waals surface area (Å²) in [5.74, 6) is 0.300. The van der Waals surface area contributed by atoms with Gasteiger partial charge in [0.15, 0.2) is 0 Å². The van der Waals surface area contributed by atoms with E-state index in [9.17, 15) is 13.2 Å². The number of nitrogens with zero attached hydrogens (tertiary/aromatic N) is 2. The van der Waals surface area contributed by atoms with Crippen LogP contribution in [0.4, 0.5) is 5.69 Å². The predicted molar refractivity (Wildman–Crippen MR) is 101 cm³/mol. The van der Waals surface area contributed by atoms with Gasteiger partial charge in [-0.3, -0.25) is 9.10 Å². The Morgan fingerprint density at radius 3 is 2.40 bits per heavy atom. The molecule has 0 unspecified atom stereocenters. The first-order chi connectivity index (χ1) is 11.6. The average molecular weight is 372 g/mol. The molecule has 1 amide bonds. The van der Waals surface area contributed by atoms with Crippen LogP contribution in [0.15, 0.2) is 24.3 Å². The summed E-state index contributed by atoms with van der Waals surface area (Å²) in [5.41, 5.74) is 0.444. The molecule has 1 N–H and O–H groups in total. The van der Waals surface area contributed by atoms with Gasteiger partial charge >= 0.3 is 0 Å². The lowest BCUT2D eigenvalue weighted by Crippen LogP contribution is -2.36. The number of amides is 1. The summed E-state index contributed by atoms with van der Waals surface area (Å²) in [6, 6.07) is 6.95. The van der Waals surface area contributed by atoms with E-state index in [0.29, 0.717) is 18.0 Å². The van der Waals surface area contributed by atoms with Crippen molar-refractivity contribution >= 4 is 21.6 Å². The molecule has 0 aliphatic carbocycles. The second-order valence-corrected chi connectivity index (χ2v) is 8.28. The van der Waals surface area contributed by atoms with Crippen molar-refractivity contribution in [1.29, 1.82) is 0 Å². The van der Waals surface area contributed by atoms with Gasteiger partial charge in [-0.1, -0.05) is 12.1 Å². The molecule has 0 atom stereocenters. The molecule has 0 aliphatic rings. The molecule has 0 aromatic heterocycles. The Balaban J connectivity index is 2.85. The molecule has 0 bridgehead atoms. The van der Waals surface area contributed by atoms with Crippen molar-refractivity contribution in [2.24, 2.45) is 0 Å². The van der Waals surface area contributed by atoms with Gasteiger partial charge in [0.05, 0.1) is 18.0 Å². The third kappa shape index (κ3) is 7.74. The van der Waals surface area contributed by atoms with Crippen LogP contribution in [0.2, 0.25) is 0 Å². The zero-order valence-corrected chi connectivity index (χ0v) is 16.5. The largest absolute Gasteiger partial charge is 0.489 e. The van der Waals surface area contributed by atoms with Gasteiger partial charge in [-0.15, -0.1) is 0 Å². The Morgan fingerprint density at radius 1 is 1.20 bits per heavy atom. The van der Waals surface area contributed by atoms with Gasteiger partial charge in [0.25, 0.3) is 0 Å². The summed E-state index contributed by atoms with van der Waals surface area (Å²) < 4.78 is 31.4. The van der Waals surface area contributed by atoms with Crippen LogP contribution < -0.4 is 14.4 Å². The van der Waals surface area contributed by atoms with Gasteiger partial charge < -0.3 is 15.0 Å². The summed E-state index contributed by atoms with van der Waals surface area (Å²) in [5, 5.41) is 2.79. The summed E-state index contributed by atoms with van der Waals surface area (Å²) in [4.78, 5) is 13.9. The molecule has 0 radical (unpaired) electrons. The number of rotatable bonds is 10. The molecule has 1 rings (SSSR count). The topological polar surface area (TPSA) is 79.0 Å². The fraction of sp³-hybridized carbons (Fsp3) is 0.588. The van der Waals surface area contributed by atoms with Crippen LogP contribution in [-0.2, 0) is 14.8 Å². The highest BCUT2D eigenvalue weighted by Gasteiger charge is 2.22. The van der Waals surface area contributed by atoms with E-state index in [1.54, 1.807) is 24.3 Å². The molecule has 0 spiro atoms. The van der Waals surface area contributed by atoms with E-state index in [2.05, 4.69) is 5.32 Å². The molecule has 0 heterocycles. The van der Waals surface area contributed by atoms with Crippen LogP contribution in [0.3, 0.4) is 0 Å². The summed E-state index contributed by atoms with van der Waals surface area (Å²) in [6.45, 7) is 5.06. The lowest BCUT2D eigenvalue weighted by atomic mass is 10.2. The zero-order chi connectivity index (χ0) is 19.0. The molecule has 0 saturated carbocycles. The maximum atomic E-state index is 12.2. The van der Waals surface area contributed by atoms with Gasteiger partial charge in [-0.2, -0.15) is 0 Å². The SMILES string of the molecule is CC(C)Oc1ccccc1N(CCC(=O)NCCN(C)C)S(C)(=O)=O. The van der Waals surface area contributed by atoms with Crippen LogP contribution in [-0.4, -0.2) is 65.3 Å². The first-order valence-corrected chi connectivity index (χ1v) is 10.1. The van der Waals surface area contributed by atoms with E-state index in [4.69, 9.17) is 4.74 Å². The smallest absolute Gasteiger partial charge is 0.232 e. The number of hydrogen-bond donors (Lipinski definition) is 1. The molecule has 142 valence electrons. The molecule has 0 saturated heterocycles. The fourth-order valence-electron chi connectivity index (χ4n) is 2.19. The van der Waals surface area contributed by atoms with E-state index < -0.39 is 10.0 Å². The minimum Gasteiger partial charge on any atom is -0.489 e. The van der Waals surface area contributed by atoms with Gasteiger partial charge in [0, 0.05) is 26.1 Å². The number of para-hydroxylation sites is 2. The number of carbonyl (C=O) groups excluding carboxylic acids is 1. The number of carbonyl (C=O) groups is 1. The lowest BCUT2D eigenvalue weighted by molar-refractivity contribution is -0.120. The molecule has 1 aromatic carbocycles. The standard InChI is InChI=1S/C17H29N3O4S/c1-14(2)24-16-9-7-6-8-15(16)20(25(5,22)23)12-10-17(21)18-11-13-19(3)4/h6-9,14H,10-13H2,1-5H3,(H,18,21). The highest BCUT2D eigenvalue weighted by molar-refractivity contribution is 7.92. The van der Waals surface area contributed by atoms with E-state index in [-0.39, 0.29) is 25.0 Å². The van der Waals surface area contributed by atoms with Crippen LogP contribution in [0, 0.1) is 0 Å². The van der Waals surface area contributed by atoms with E-state index in [1.807, 2.05) is 32.8 Å². The van der Waals surface area contributed by atoms with Gasteiger partial charge in [-0.05, 0) is 40.1 Å². The number of benzene rings is 1. The molecule has 25 heavy (non-hydrogen) atoms. The maximum Gasteiger partial charge on any atom is 0.232 e. The first-order valence-electron chi connectivity index (χ1n) is 8.26. The van der Waals surface area contributed by atoms with Gasteiger partial charge in [0.2, 0.25) is 15.9 Å². The van der Waals surface area contributed by atoms with Crippen LogP contribution >= 0.6 is 0 Å². The molecule has 0 aliphatic heterocycles. The Labute approximate surface area is 151 Å². The van der Waals surface area contributed by atoms with Crippen molar-refractivity contribution in [2.75, 3.05) is 44.3 Å². The average Bonchev–Trinajstić information content (AvgIpc) is 2.46. The van der Waals surface area contributed by atoms with Crippen LogP contribution in [0.1, 0.15) is 20.3 Å². The predicted octanol–water partition coefficient (Wildman–Crippen LogP) is 1.31. The molecular weight excluding hydrogens is 342 g/mol. The molecule has 8 heteroatoms. The minimum atomic E-state index is -3.54. The van der Waals surface area contributed by atoms with Gasteiger partial charge in [0.1, 0.15) is 5.75 Å². The normalized spacial score (nSPS) is 11.6. The minimum absolute atomic E-state index is 0.0606. The Kier molecular flexibility index (Phi) is 8.18. The number of likely N-dealkylation sites (N-methyl/N-ethyl adjacent to an activating group) is 1. The number of anilines is 1. The monoisotopic (exact) mass is 371 g/mol. The van der Waals surface area contributed by atoms with Gasteiger partial charge in [-0.25, -0.2) is 8.42 Å². The number of nitrogens with one attached hydrogen (secondary N) is 1. The highest BCUT2D eigenvalue weighted by atomic mass is 32.2. The molecule has 1 aromatic rings. The van der Waals surface area contributed by atoms with Crippen LogP contribution in [0.5, 0.6) is 5.75 Å². The zero-order valence-electron chi connectivity index (χ0n) is 15.7. The summed E-state index contributed by atoms with van der Waals surface area (Å²) in [6.07, 6.45) is 1.12. The van der Waals surface area contributed by atoms with Crippen molar-refractivity contribution in [3.8, 4) is 5.75 Å². The second-order valence-electron chi connectivity index (χ2n) is 6.37. The van der Waals surface area contributed by atoms with Crippen LogP contribution in [0.25, 0.3) is 0 Å². The number of sulfonamides is 1. The quantitative estimate of drug-likeness (QED) is 0.671. The molecule has 0 fully saturated rings. The Hall–Kier alpha value is -1.80. The highest BCUT2D eigenvalue weighted by Crippen LogP contribution is 2.30. The Bertz CT molecular complexity index is 660. The maximum absolute atomic E-state index is 12.2. The van der Waals surface area contributed by atoms with Crippen molar-refractivity contribution in [2.45, 2.75) is 26.4 Å². The van der Waals surface area contributed by atoms with Crippen molar-refractivity contribution in [3.63, 3.8) is 0 Å². The second kappa shape index (κ2) is 9.62.